The average Bonchev–Trinajstić information content (AvgIpc) is 0.812. The summed E-state index contributed by atoms with van der Waals surface area (Å²) >= 11 is 0. The fourth-order valence-electron chi connectivity index (χ4n) is 13.8. The highest BCUT2D eigenvalue weighted by molar-refractivity contribution is 6.02. The van der Waals surface area contributed by atoms with E-state index in [1.807, 2.05) is 20.8 Å². The summed E-state index contributed by atoms with van der Waals surface area (Å²) in [6.07, 6.45) is -13.0. The van der Waals surface area contributed by atoms with Crippen LogP contribution in [-0.4, -0.2) is 199 Å². The van der Waals surface area contributed by atoms with Crippen molar-refractivity contribution >= 4 is 101 Å². The molecule has 0 saturated carbocycles. The summed E-state index contributed by atoms with van der Waals surface area (Å²) in [4.78, 5) is 227. The van der Waals surface area contributed by atoms with Crippen molar-refractivity contribution in [2.75, 3.05) is 13.2 Å². The monoisotopic (exact) mass is 1800 g/mol. The van der Waals surface area contributed by atoms with E-state index in [1.54, 1.807) is 178 Å². The number of hydrogen-bond acceptors (Lipinski definition) is 24. The number of primary amides is 1. The minimum absolute atomic E-state index is 0.0388. The number of nitrogens with two attached hydrogens (primary N) is 1. The normalized spacial score (nSPS) is 14.8. The predicted molar refractivity (Wildman–Crippen MR) is 475 cm³/mol. The molecule has 4 rings (SSSR count). The highest BCUT2D eigenvalue weighted by Crippen LogP contribution is 2.29. The van der Waals surface area contributed by atoms with Gasteiger partial charge in [0, 0.05) is 50.5 Å². The highest BCUT2D eigenvalue weighted by atomic mass is 16.6. The van der Waals surface area contributed by atoms with Crippen LogP contribution in [-0.2, 0) is 96.3 Å². The number of aliphatic hydroxyl groups excluding tert-OH is 3. The van der Waals surface area contributed by atoms with Crippen LogP contribution in [0.25, 0.3) is 0 Å². The number of carbonyl (C=O) groups excluding carboxylic acids is 15. The number of rotatable bonds is 51. The van der Waals surface area contributed by atoms with Crippen LogP contribution in [0.2, 0.25) is 0 Å². The second-order valence-electron chi connectivity index (χ2n) is 36.6. The van der Waals surface area contributed by atoms with Gasteiger partial charge < -0.3 is 87.6 Å². The molecule has 0 saturated heterocycles. The smallest absolute Gasteiger partial charge is 0.416 e. The Morgan fingerprint density at radius 2 is 0.953 bits per heavy atom. The number of carbonyl (C=O) groups is 16. The van der Waals surface area contributed by atoms with Crippen molar-refractivity contribution in [3.05, 3.63) is 144 Å². The third-order valence-corrected chi connectivity index (χ3v) is 20.7. The molecule has 129 heavy (non-hydrogen) atoms. The fraction of sp³-hybridized carbons (Fsp3) is 0.559. The molecule has 11 amide bonds. The number of guanidine groups is 1. The van der Waals surface area contributed by atoms with Gasteiger partial charge in [0.25, 0.3) is 0 Å². The molecule has 0 aliphatic heterocycles. The number of aliphatic hydroxyl groups is 3. The summed E-state index contributed by atoms with van der Waals surface area (Å²) in [5.41, 5.74) is 4.79. The van der Waals surface area contributed by atoms with Crippen molar-refractivity contribution in [1.82, 2.24) is 52.8 Å². The third-order valence-electron chi connectivity index (χ3n) is 20.7. The SMILES string of the molecule is CC[C@H](C)C(CC(=O)[C@@H](CCCN(C(=N)NC(=O)OCc1ccccc1)C(=O)OCc1ccccc1)NC(=O)[C@@H](CC(=O)[C@@H](NC(=O)[C@@H](NC(=O)[C@H](CC(C)(C)C)NC(=O)[C@@H](CC(C)(C)C)NC(=O)OCc1ccccc1)[C@H](NC(=O)OC(C)(C)C)c1ccccc1)[C@H](O)C(C)C)CC(C)C)C(=O)N[C@H](C(=O)CCC(=O)N[C@@H](CC(N)=O)C(=O)C[C@@H](CO)C(=O)O)[C@H](C)O. The van der Waals surface area contributed by atoms with Gasteiger partial charge in [-0.25, -0.2) is 24.1 Å². The number of ketones is 4. The quantitative estimate of drug-likeness (QED) is 0.0113. The zero-order chi connectivity index (χ0) is 96.8. The van der Waals surface area contributed by atoms with Gasteiger partial charge in [0.2, 0.25) is 47.3 Å². The Morgan fingerprint density at radius 3 is 1.43 bits per heavy atom. The van der Waals surface area contributed by atoms with Gasteiger partial charge in [-0.3, -0.25) is 68.3 Å². The van der Waals surface area contributed by atoms with Crippen LogP contribution in [0.3, 0.4) is 0 Å². The molecule has 0 radical (unpaired) electrons. The lowest BCUT2D eigenvalue weighted by Crippen LogP contribution is -2.62. The number of nitrogens with zero attached hydrogens (tertiary/aromatic N) is 1. The van der Waals surface area contributed by atoms with Gasteiger partial charge in [0.1, 0.15) is 55.6 Å². The van der Waals surface area contributed by atoms with Crippen LogP contribution in [0.1, 0.15) is 216 Å². The summed E-state index contributed by atoms with van der Waals surface area (Å²) in [5.74, 6) is -19.6. The van der Waals surface area contributed by atoms with Gasteiger partial charge in [-0.2, -0.15) is 0 Å². The summed E-state index contributed by atoms with van der Waals surface area (Å²) in [6.45, 7) is 24.4. The van der Waals surface area contributed by atoms with E-state index in [4.69, 9.17) is 30.1 Å². The molecular weight excluding hydrogens is 1670 g/mol. The standard InChI is InChI=1S/C93H134N12O24/c1-17-56(6)64(81(116)100-75(57(7)107)69(108)40-41-74(113)96-66(47-73(94)112)70(109)45-63(50-106)85(120)121)46-71(110)65(39-30-42-105(90(125)128-53-60-35-26-20-27-36-60)86(95)104-88(123)127-52-59-33-24-19-25-34-59)97-80(115)62(43-54(2)3)44-72(111)77(79(114)55(4)5)101-84(119)78(76(61-37-28-21-29-38-61)103-89(124)129-93(14,15)16)102-83(118)67(48-91(8,9)10)98-82(117)68(49-92(11,12)13)99-87(122)126-51-58-31-22-18-23-32-58/h18-29,31-38,54-57,62-68,75-79,106-107,114H,17,30,39-53H2,1-16H3,(H2,94,112)(H,96,113)(H,97,115)(H,98,117)(H,99,122)(H,100,116)(H,101,119)(H,102,118)(H,103,124)(H,120,121)(H2,95,104,123)/t56-,57-,62+,63-,64?,65+,66-,67-,68+,75-,76+,77+,78-,79+/m0/s1. The predicted octanol–water partition coefficient (Wildman–Crippen LogP) is 8.13. The number of ether oxygens (including phenoxy) is 4. The zero-order valence-corrected chi connectivity index (χ0v) is 76.8. The van der Waals surface area contributed by atoms with Gasteiger partial charge in [0.15, 0.2) is 23.1 Å². The number of alkyl carbamates (subject to hydrolysis) is 3. The minimum atomic E-state index is -1.97. The van der Waals surface area contributed by atoms with Crippen molar-refractivity contribution in [1.29, 1.82) is 5.41 Å². The average molecular weight is 1800 g/mol. The van der Waals surface area contributed by atoms with Crippen molar-refractivity contribution < 1.29 is 116 Å². The number of amides is 11. The summed E-state index contributed by atoms with van der Waals surface area (Å²) in [5, 5.41) is 74.7. The van der Waals surface area contributed by atoms with Crippen molar-refractivity contribution in [2.45, 2.75) is 274 Å². The van der Waals surface area contributed by atoms with Gasteiger partial charge >= 0.3 is 30.3 Å². The Bertz CT molecular complexity index is 4400. The van der Waals surface area contributed by atoms with E-state index in [0.717, 1.165) is 11.8 Å². The van der Waals surface area contributed by atoms with Gasteiger partial charge in [-0.05, 0) is 111 Å². The molecule has 14 atom stereocenters. The first kappa shape index (κ1) is 109. The molecule has 0 bridgehead atoms. The highest BCUT2D eigenvalue weighted by Gasteiger charge is 2.44. The van der Waals surface area contributed by atoms with E-state index in [-0.39, 0.29) is 57.5 Å². The van der Waals surface area contributed by atoms with E-state index < -0.39 is 271 Å². The van der Waals surface area contributed by atoms with Crippen LogP contribution in [0.5, 0.6) is 0 Å². The molecule has 0 heterocycles. The number of nitrogens with one attached hydrogen (secondary N) is 10. The number of Topliss-reactive ketones (excluding diaryl/α,β-unsaturated/α-hetero) is 4. The molecule has 1 unspecified atom stereocenters. The Hall–Kier alpha value is -12.0. The van der Waals surface area contributed by atoms with Crippen molar-refractivity contribution in [3.8, 4) is 0 Å². The lowest BCUT2D eigenvalue weighted by Gasteiger charge is -2.34. The first-order valence-electron chi connectivity index (χ1n) is 43.4. The fourth-order valence-corrected chi connectivity index (χ4v) is 13.8. The second-order valence-corrected chi connectivity index (χ2v) is 36.6. The van der Waals surface area contributed by atoms with Crippen LogP contribution in [0.15, 0.2) is 121 Å². The molecule has 0 fully saturated rings. The van der Waals surface area contributed by atoms with Crippen LogP contribution in [0.4, 0.5) is 19.2 Å². The third kappa shape index (κ3) is 40.4. The summed E-state index contributed by atoms with van der Waals surface area (Å²) in [6, 6.07) is 20.2. The lowest BCUT2D eigenvalue weighted by atomic mass is 9.83. The number of benzene rings is 4. The minimum Gasteiger partial charge on any atom is -0.481 e. The largest absolute Gasteiger partial charge is 0.481 e. The number of hydrogen-bond donors (Lipinski definition) is 15. The maximum Gasteiger partial charge on any atom is 0.416 e. The summed E-state index contributed by atoms with van der Waals surface area (Å²) < 4.78 is 22.2. The Labute approximate surface area is 754 Å². The second kappa shape index (κ2) is 53.0. The van der Waals surface area contributed by atoms with Crippen molar-refractivity contribution in [3.63, 3.8) is 0 Å². The maximum absolute atomic E-state index is 15.8. The Balaban J connectivity index is 1.86. The molecule has 16 N–H and O–H groups in total. The van der Waals surface area contributed by atoms with Crippen molar-refractivity contribution in [2.24, 2.45) is 52.1 Å². The number of aliphatic carboxylic acids is 1. The molecular formula is C93H134N12O24. The Kier molecular flexibility index (Phi) is 44.9. The molecule has 36 heteroatoms. The molecule has 0 aromatic heterocycles. The van der Waals surface area contributed by atoms with E-state index >= 15 is 24.0 Å². The lowest BCUT2D eigenvalue weighted by molar-refractivity contribution is -0.145. The van der Waals surface area contributed by atoms with E-state index in [2.05, 4.69) is 47.9 Å². The van der Waals surface area contributed by atoms with Gasteiger partial charge in [0.05, 0.1) is 49.3 Å². The maximum atomic E-state index is 15.8. The van der Waals surface area contributed by atoms with Crippen LogP contribution >= 0.6 is 0 Å². The number of carboxylic acids is 1. The first-order valence-corrected chi connectivity index (χ1v) is 43.4. The van der Waals surface area contributed by atoms with E-state index in [1.165, 1.54) is 26.0 Å². The molecule has 0 aliphatic rings. The first-order chi connectivity index (χ1) is 60.4. The Morgan fingerprint density at radius 1 is 0.481 bits per heavy atom. The molecule has 0 spiro atoms. The molecule has 710 valence electrons. The van der Waals surface area contributed by atoms with Crippen LogP contribution in [0, 0.1) is 51.7 Å². The molecule has 0 aliphatic carbocycles. The number of carboxylic acid groups (broad SMARTS) is 1. The zero-order valence-electron chi connectivity index (χ0n) is 76.8. The van der Waals surface area contributed by atoms with E-state index in [9.17, 15) is 73.2 Å². The van der Waals surface area contributed by atoms with Gasteiger partial charge in [-0.15, -0.1) is 0 Å². The topological polar surface area (TPSA) is 552 Å². The molecule has 4 aromatic rings. The molecule has 4 aromatic carbocycles. The van der Waals surface area contributed by atoms with Crippen LogP contribution < -0.4 is 53.6 Å². The summed E-state index contributed by atoms with van der Waals surface area (Å²) in [7, 11) is 0. The molecule has 36 nitrogen and oxygen atoms in total. The van der Waals surface area contributed by atoms with Gasteiger partial charge in [-0.1, -0.05) is 211 Å². The van der Waals surface area contributed by atoms with E-state index in [0.29, 0.717) is 16.7 Å².